The van der Waals surface area contributed by atoms with Crippen molar-refractivity contribution < 1.29 is 21.6 Å². The second kappa shape index (κ2) is 8.72. The minimum Gasteiger partial charge on any atom is -0.236 e. The summed E-state index contributed by atoms with van der Waals surface area (Å²) in [6.07, 6.45) is -3.16. The van der Waals surface area contributed by atoms with Crippen LogP contribution in [0.25, 0.3) is 27.9 Å². The monoisotopic (exact) mass is 471 g/mol. The van der Waals surface area contributed by atoms with Crippen LogP contribution in [0.1, 0.15) is 11.1 Å². The molecular weight excluding hydrogens is 455 g/mol. The van der Waals surface area contributed by atoms with Gasteiger partial charge in [0, 0.05) is 21.9 Å². The zero-order valence-electron chi connectivity index (χ0n) is 16.5. The Bertz CT molecular complexity index is 1340. The number of hydrogen-bond donors (Lipinski definition) is 0. The summed E-state index contributed by atoms with van der Waals surface area (Å²) >= 11 is 1.50. The maximum absolute atomic E-state index is 12.6. The summed E-state index contributed by atoms with van der Waals surface area (Å²) < 4.78 is 63.1. The molecule has 3 nitrogen and oxygen atoms in total. The third-order valence-electron chi connectivity index (χ3n) is 4.68. The number of aromatic nitrogens is 1. The van der Waals surface area contributed by atoms with Gasteiger partial charge in [-0.15, -0.1) is 11.3 Å². The first-order valence-corrected chi connectivity index (χ1v) is 11.9. The highest BCUT2D eigenvalue weighted by atomic mass is 32.2. The Hall–Kier alpha value is -3.23. The molecule has 0 N–H and O–H groups in total. The number of benzene rings is 3. The highest BCUT2D eigenvalue weighted by Crippen LogP contribution is 2.30. The van der Waals surface area contributed by atoms with Crippen LogP contribution in [-0.2, 0) is 16.0 Å². The van der Waals surface area contributed by atoms with Gasteiger partial charge in [-0.2, -0.15) is 13.2 Å². The SMILES string of the molecule is O=S(=O)(C=Cc1ccc(C(F)(F)F)cc1)c1ccc(-c2csc(-c3ccccc3)n2)cc1. The highest BCUT2D eigenvalue weighted by Gasteiger charge is 2.29. The lowest BCUT2D eigenvalue weighted by Gasteiger charge is -2.06. The van der Waals surface area contributed by atoms with Crippen molar-refractivity contribution in [1.82, 2.24) is 4.98 Å². The van der Waals surface area contributed by atoms with Gasteiger partial charge in [-0.3, -0.25) is 0 Å². The molecule has 32 heavy (non-hydrogen) atoms. The van der Waals surface area contributed by atoms with Crippen molar-refractivity contribution in [3.63, 3.8) is 0 Å². The van der Waals surface area contributed by atoms with Crippen LogP contribution >= 0.6 is 11.3 Å². The average molecular weight is 472 g/mol. The van der Waals surface area contributed by atoms with Crippen molar-refractivity contribution in [2.45, 2.75) is 11.1 Å². The van der Waals surface area contributed by atoms with E-state index in [1.807, 2.05) is 35.7 Å². The van der Waals surface area contributed by atoms with E-state index in [9.17, 15) is 21.6 Å². The second-order valence-electron chi connectivity index (χ2n) is 6.90. The van der Waals surface area contributed by atoms with Crippen LogP contribution in [-0.4, -0.2) is 13.4 Å². The molecule has 4 aromatic rings. The summed E-state index contributed by atoms with van der Waals surface area (Å²) in [6, 6.07) is 20.4. The van der Waals surface area contributed by atoms with Crippen molar-refractivity contribution in [3.05, 3.63) is 101 Å². The lowest BCUT2D eigenvalue weighted by Crippen LogP contribution is -2.04. The lowest BCUT2D eigenvalue weighted by atomic mass is 10.1. The van der Waals surface area contributed by atoms with Gasteiger partial charge in [-0.1, -0.05) is 54.6 Å². The predicted molar refractivity (Wildman–Crippen MR) is 121 cm³/mol. The number of nitrogens with zero attached hydrogens (tertiary/aromatic N) is 1. The fourth-order valence-electron chi connectivity index (χ4n) is 2.96. The van der Waals surface area contributed by atoms with Crippen molar-refractivity contribution in [3.8, 4) is 21.8 Å². The van der Waals surface area contributed by atoms with Crippen molar-refractivity contribution in [2.24, 2.45) is 0 Å². The van der Waals surface area contributed by atoms with E-state index in [1.165, 1.54) is 41.7 Å². The molecule has 0 radical (unpaired) electrons. The maximum atomic E-state index is 12.6. The Labute approximate surface area is 187 Å². The molecule has 0 atom stereocenters. The third kappa shape index (κ3) is 4.98. The fourth-order valence-corrected chi connectivity index (χ4v) is 4.81. The molecule has 8 heteroatoms. The lowest BCUT2D eigenvalue weighted by molar-refractivity contribution is -0.137. The van der Waals surface area contributed by atoms with E-state index >= 15 is 0 Å². The quantitative estimate of drug-likeness (QED) is 0.317. The van der Waals surface area contributed by atoms with Gasteiger partial charge in [0.15, 0.2) is 9.84 Å². The number of sulfone groups is 1. The molecular formula is C24H16F3NO2S2. The molecule has 0 saturated carbocycles. The minimum atomic E-state index is -4.44. The van der Waals surface area contributed by atoms with Gasteiger partial charge < -0.3 is 0 Å². The van der Waals surface area contributed by atoms with Crippen molar-refractivity contribution in [2.75, 3.05) is 0 Å². The summed E-state index contributed by atoms with van der Waals surface area (Å²) in [5.74, 6) is 0. The predicted octanol–water partition coefficient (Wildman–Crippen LogP) is 6.94. The fraction of sp³-hybridized carbons (Fsp3) is 0.0417. The summed E-state index contributed by atoms with van der Waals surface area (Å²) in [7, 11) is -3.75. The topological polar surface area (TPSA) is 47.0 Å². The second-order valence-corrected chi connectivity index (χ2v) is 9.59. The molecule has 0 aliphatic rings. The molecule has 0 bridgehead atoms. The van der Waals surface area contributed by atoms with E-state index in [0.717, 1.165) is 39.4 Å². The molecule has 0 aliphatic carbocycles. The van der Waals surface area contributed by atoms with Crippen LogP contribution in [0.4, 0.5) is 13.2 Å². The number of alkyl halides is 3. The zero-order valence-corrected chi connectivity index (χ0v) is 18.1. The van der Waals surface area contributed by atoms with E-state index < -0.39 is 21.6 Å². The van der Waals surface area contributed by atoms with Gasteiger partial charge in [0.2, 0.25) is 0 Å². The summed E-state index contributed by atoms with van der Waals surface area (Å²) in [5.41, 5.74) is 2.11. The smallest absolute Gasteiger partial charge is 0.236 e. The van der Waals surface area contributed by atoms with Crippen molar-refractivity contribution in [1.29, 1.82) is 0 Å². The average Bonchev–Trinajstić information content (AvgIpc) is 3.29. The van der Waals surface area contributed by atoms with Crippen molar-refractivity contribution >= 4 is 27.3 Å². The number of hydrogen-bond acceptors (Lipinski definition) is 4. The summed E-state index contributed by atoms with van der Waals surface area (Å²) in [5, 5.41) is 3.77. The highest BCUT2D eigenvalue weighted by molar-refractivity contribution is 7.94. The number of thiazole rings is 1. The van der Waals surface area contributed by atoms with Crippen LogP contribution in [0.15, 0.2) is 94.5 Å². The third-order valence-corrected chi connectivity index (χ3v) is 7.00. The normalized spacial score (nSPS) is 12.3. The Balaban J connectivity index is 1.51. The molecule has 0 unspecified atom stereocenters. The van der Waals surface area contributed by atoms with Gasteiger partial charge in [0.25, 0.3) is 0 Å². The maximum Gasteiger partial charge on any atom is 0.416 e. The molecule has 4 rings (SSSR count). The van der Waals surface area contributed by atoms with Crippen LogP contribution in [0.2, 0.25) is 0 Å². The molecule has 162 valence electrons. The first-order valence-electron chi connectivity index (χ1n) is 9.44. The van der Waals surface area contributed by atoms with Gasteiger partial charge in [-0.05, 0) is 35.9 Å². The Morgan fingerprint density at radius 3 is 2.09 bits per heavy atom. The van der Waals surface area contributed by atoms with Gasteiger partial charge in [0.05, 0.1) is 16.2 Å². The van der Waals surface area contributed by atoms with Gasteiger partial charge in [0.1, 0.15) is 5.01 Å². The molecule has 1 heterocycles. The number of halogens is 3. The first-order chi connectivity index (χ1) is 15.2. The molecule has 3 aromatic carbocycles. The van der Waals surface area contributed by atoms with E-state index in [-0.39, 0.29) is 4.90 Å². The van der Waals surface area contributed by atoms with Crippen LogP contribution in [0, 0.1) is 0 Å². The number of rotatable bonds is 5. The molecule has 0 fully saturated rings. The molecule has 0 aliphatic heterocycles. The Morgan fingerprint density at radius 1 is 0.812 bits per heavy atom. The van der Waals surface area contributed by atoms with Crippen LogP contribution in [0.3, 0.4) is 0 Å². The Kier molecular flexibility index (Phi) is 5.99. The van der Waals surface area contributed by atoms with Gasteiger partial charge in [-0.25, -0.2) is 13.4 Å². The molecule has 0 spiro atoms. The molecule has 0 saturated heterocycles. The van der Waals surface area contributed by atoms with Crippen LogP contribution < -0.4 is 0 Å². The standard InChI is InChI=1S/C24H16F3NO2S2/c25-24(26,27)20-10-6-17(7-11-20)14-15-32(29,30)21-12-8-18(9-13-21)22-16-31-23(28-22)19-4-2-1-3-5-19/h1-16H. The van der Waals surface area contributed by atoms with E-state index in [0.29, 0.717) is 5.56 Å². The van der Waals surface area contributed by atoms with Crippen LogP contribution in [0.5, 0.6) is 0 Å². The summed E-state index contributed by atoms with van der Waals surface area (Å²) in [6.45, 7) is 0. The minimum absolute atomic E-state index is 0.0860. The van der Waals surface area contributed by atoms with E-state index in [1.54, 1.807) is 12.1 Å². The molecule has 1 aromatic heterocycles. The molecule has 0 amide bonds. The zero-order chi connectivity index (χ0) is 22.8. The Morgan fingerprint density at radius 2 is 1.47 bits per heavy atom. The van der Waals surface area contributed by atoms with E-state index in [2.05, 4.69) is 4.98 Å². The summed E-state index contributed by atoms with van der Waals surface area (Å²) in [4.78, 5) is 4.70. The van der Waals surface area contributed by atoms with Gasteiger partial charge >= 0.3 is 6.18 Å². The largest absolute Gasteiger partial charge is 0.416 e. The first kappa shape index (κ1) is 22.0. The van der Waals surface area contributed by atoms with E-state index in [4.69, 9.17) is 0 Å².